The minimum Gasteiger partial charge on any atom is -0.381 e. The number of hydrogen-bond acceptors (Lipinski definition) is 4. The van der Waals surface area contributed by atoms with Gasteiger partial charge in [0.05, 0.1) is 6.61 Å². The van der Waals surface area contributed by atoms with Gasteiger partial charge in [0.1, 0.15) is 6.33 Å². The predicted octanol–water partition coefficient (Wildman–Crippen LogP) is 2.44. The first-order chi connectivity index (χ1) is 12.3. The van der Waals surface area contributed by atoms with Crippen molar-refractivity contribution in [1.82, 2.24) is 14.9 Å². The SMILES string of the molecule is O=C(CCc1cncnc1)N1CC(c2ccccc2)C2COCCC21. The third-order valence-electron chi connectivity index (χ3n) is 5.46. The van der Waals surface area contributed by atoms with E-state index in [4.69, 9.17) is 4.74 Å². The molecule has 2 aromatic rings. The van der Waals surface area contributed by atoms with E-state index in [-0.39, 0.29) is 5.91 Å². The van der Waals surface area contributed by atoms with Crippen LogP contribution < -0.4 is 0 Å². The minimum absolute atomic E-state index is 0.235. The smallest absolute Gasteiger partial charge is 0.223 e. The van der Waals surface area contributed by atoms with Crippen LogP contribution in [0.3, 0.4) is 0 Å². The van der Waals surface area contributed by atoms with Crippen LogP contribution in [0.15, 0.2) is 49.1 Å². The second-order valence-corrected chi connectivity index (χ2v) is 6.90. The van der Waals surface area contributed by atoms with E-state index in [0.29, 0.717) is 30.7 Å². The molecule has 5 heteroatoms. The van der Waals surface area contributed by atoms with Crippen LogP contribution in [0.5, 0.6) is 0 Å². The van der Waals surface area contributed by atoms with Crippen molar-refractivity contribution in [2.75, 3.05) is 19.8 Å². The number of carbonyl (C=O) groups is 1. The molecule has 25 heavy (non-hydrogen) atoms. The number of nitrogens with zero attached hydrogens (tertiary/aromatic N) is 3. The Balaban J connectivity index is 1.48. The fraction of sp³-hybridized carbons (Fsp3) is 0.450. The topological polar surface area (TPSA) is 55.3 Å². The summed E-state index contributed by atoms with van der Waals surface area (Å²) in [5.41, 5.74) is 2.33. The quantitative estimate of drug-likeness (QED) is 0.860. The van der Waals surface area contributed by atoms with Crippen molar-refractivity contribution in [3.8, 4) is 0 Å². The highest BCUT2D eigenvalue weighted by molar-refractivity contribution is 5.77. The number of aromatic nitrogens is 2. The van der Waals surface area contributed by atoms with Crippen LogP contribution in [-0.2, 0) is 16.0 Å². The van der Waals surface area contributed by atoms with Crippen molar-refractivity contribution in [2.24, 2.45) is 5.92 Å². The fourth-order valence-electron chi connectivity index (χ4n) is 4.20. The molecule has 4 rings (SSSR count). The van der Waals surface area contributed by atoms with E-state index >= 15 is 0 Å². The molecule has 0 bridgehead atoms. The van der Waals surface area contributed by atoms with Crippen molar-refractivity contribution >= 4 is 5.91 Å². The molecule has 0 spiro atoms. The highest BCUT2D eigenvalue weighted by Gasteiger charge is 2.45. The monoisotopic (exact) mass is 337 g/mol. The number of carbonyl (C=O) groups excluding carboxylic acids is 1. The number of aryl methyl sites for hydroxylation is 1. The van der Waals surface area contributed by atoms with E-state index in [9.17, 15) is 4.79 Å². The molecular weight excluding hydrogens is 314 g/mol. The molecule has 2 aliphatic rings. The van der Waals surface area contributed by atoms with Crippen molar-refractivity contribution in [1.29, 1.82) is 0 Å². The summed E-state index contributed by atoms with van der Waals surface area (Å²) in [5.74, 6) is 1.01. The lowest BCUT2D eigenvalue weighted by Gasteiger charge is -2.32. The molecule has 0 radical (unpaired) electrons. The molecule has 2 saturated heterocycles. The molecule has 1 amide bonds. The Morgan fingerprint density at radius 3 is 2.80 bits per heavy atom. The molecule has 0 aliphatic carbocycles. The Kier molecular flexibility index (Phi) is 4.74. The Morgan fingerprint density at radius 2 is 2.00 bits per heavy atom. The van der Waals surface area contributed by atoms with Gasteiger partial charge in [-0.05, 0) is 24.0 Å². The van der Waals surface area contributed by atoms with Crippen LogP contribution in [0.1, 0.15) is 29.9 Å². The van der Waals surface area contributed by atoms with Gasteiger partial charge >= 0.3 is 0 Å². The van der Waals surface area contributed by atoms with Gasteiger partial charge in [-0.2, -0.15) is 0 Å². The van der Waals surface area contributed by atoms with Gasteiger partial charge in [0.25, 0.3) is 0 Å². The number of rotatable bonds is 4. The third kappa shape index (κ3) is 3.42. The summed E-state index contributed by atoms with van der Waals surface area (Å²) in [6.45, 7) is 2.30. The first-order valence-electron chi connectivity index (χ1n) is 8.99. The number of benzene rings is 1. The largest absolute Gasteiger partial charge is 0.381 e. The Morgan fingerprint density at radius 1 is 1.20 bits per heavy atom. The highest BCUT2D eigenvalue weighted by Crippen LogP contribution is 2.41. The lowest BCUT2D eigenvalue weighted by atomic mass is 9.84. The Hall–Kier alpha value is -2.27. The van der Waals surface area contributed by atoms with Crippen molar-refractivity contribution in [2.45, 2.75) is 31.2 Å². The fourth-order valence-corrected chi connectivity index (χ4v) is 4.20. The molecule has 1 aromatic heterocycles. The van der Waals surface area contributed by atoms with Gasteiger partial charge in [0.15, 0.2) is 0 Å². The third-order valence-corrected chi connectivity index (χ3v) is 5.46. The molecular formula is C20H23N3O2. The number of fused-ring (bicyclic) bond motifs is 1. The zero-order valence-corrected chi connectivity index (χ0v) is 14.3. The van der Waals surface area contributed by atoms with Crippen LogP contribution >= 0.6 is 0 Å². The van der Waals surface area contributed by atoms with Gasteiger partial charge in [-0.15, -0.1) is 0 Å². The predicted molar refractivity (Wildman–Crippen MR) is 94.0 cm³/mol. The summed E-state index contributed by atoms with van der Waals surface area (Å²) >= 11 is 0. The molecule has 3 unspecified atom stereocenters. The van der Waals surface area contributed by atoms with E-state index in [2.05, 4.69) is 39.1 Å². The van der Waals surface area contributed by atoms with E-state index < -0.39 is 0 Å². The minimum atomic E-state index is 0.235. The maximum atomic E-state index is 12.9. The Bertz CT molecular complexity index is 707. The average molecular weight is 337 g/mol. The standard InChI is InChI=1S/C20H23N3O2/c24-20(7-6-15-10-21-14-22-11-15)23-12-17(16-4-2-1-3-5-16)18-13-25-9-8-19(18)23/h1-5,10-11,14,17-19H,6-9,12-13H2. The summed E-state index contributed by atoms with van der Waals surface area (Å²) in [5, 5.41) is 0. The van der Waals surface area contributed by atoms with E-state index in [0.717, 1.165) is 31.7 Å². The van der Waals surface area contributed by atoms with Gasteiger partial charge in [-0.25, -0.2) is 9.97 Å². The summed E-state index contributed by atoms with van der Waals surface area (Å²) in [6, 6.07) is 10.8. The van der Waals surface area contributed by atoms with Gasteiger partial charge in [0, 0.05) is 49.8 Å². The number of ether oxygens (including phenoxy) is 1. The second-order valence-electron chi connectivity index (χ2n) is 6.90. The Labute approximate surface area is 148 Å². The average Bonchev–Trinajstić information content (AvgIpc) is 3.07. The highest BCUT2D eigenvalue weighted by atomic mass is 16.5. The second kappa shape index (κ2) is 7.31. The molecule has 130 valence electrons. The summed E-state index contributed by atoms with van der Waals surface area (Å²) in [7, 11) is 0. The number of amides is 1. The summed E-state index contributed by atoms with van der Waals surface area (Å²) in [4.78, 5) is 23.1. The normalized spacial score (nSPS) is 25.6. The molecule has 2 aliphatic heterocycles. The molecule has 3 atom stereocenters. The van der Waals surface area contributed by atoms with Gasteiger partial charge in [0.2, 0.25) is 5.91 Å². The van der Waals surface area contributed by atoms with Crippen LogP contribution in [0.25, 0.3) is 0 Å². The molecule has 5 nitrogen and oxygen atoms in total. The lowest BCUT2D eigenvalue weighted by molar-refractivity contribution is -0.133. The maximum absolute atomic E-state index is 12.9. The molecule has 2 fully saturated rings. The molecule has 3 heterocycles. The van der Waals surface area contributed by atoms with Gasteiger partial charge in [-0.1, -0.05) is 30.3 Å². The van der Waals surface area contributed by atoms with Gasteiger partial charge < -0.3 is 9.64 Å². The molecule has 1 aromatic carbocycles. The van der Waals surface area contributed by atoms with E-state index in [1.54, 1.807) is 12.4 Å². The maximum Gasteiger partial charge on any atom is 0.223 e. The van der Waals surface area contributed by atoms with E-state index in [1.807, 2.05) is 6.07 Å². The molecule has 0 N–H and O–H groups in total. The number of hydrogen-bond donors (Lipinski definition) is 0. The summed E-state index contributed by atoms with van der Waals surface area (Å²) in [6.07, 6.45) is 7.23. The molecule has 0 saturated carbocycles. The van der Waals surface area contributed by atoms with Crippen molar-refractivity contribution < 1.29 is 9.53 Å². The van der Waals surface area contributed by atoms with Crippen LogP contribution in [0.4, 0.5) is 0 Å². The zero-order valence-electron chi connectivity index (χ0n) is 14.3. The van der Waals surface area contributed by atoms with Gasteiger partial charge in [-0.3, -0.25) is 4.79 Å². The number of likely N-dealkylation sites (tertiary alicyclic amines) is 1. The summed E-state index contributed by atoms with van der Waals surface area (Å²) < 4.78 is 5.74. The van der Waals surface area contributed by atoms with Crippen LogP contribution in [0.2, 0.25) is 0 Å². The lowest BCUT2D eigenvalue weighted by Crippen LogP contribution is -2.42. The van der Waals surface area contributed by atoms with Crippen molar-refractivity contribution in [3.05, 3.63) is 60.2 Å². The first-order valence-corrected chi connectivity index (χ1v) is 8.99. The van der Waals surface area contributed by atoms with Crippen LogP contribution in [-0.4, -0.2) is 46.6 Å². The van der Waals surface area contributed by atoms with E-state index in [1.165, 1.54) is 11.9 Å². The first kappa shape index (κ1) is 16.2. The zero-order chi connectivity index (χ0) is 17.1. The van der Waals surface area contributed by atoms with Crippen LogP contribution in [0, 0.1) is 5.92 Å². The van der Waals surface area contributed by atoms with Crippen molar-refractivity contribution in [3.63, 3.8) is 0 Å².